The average molecular weight is 344 g/mol. The standard InChI is InChI=1S/C18H20N2O3S/c1-4-14-7-5-6-12(2)18(14)20-16(21)10-23-17(22)9-8-15-11-24-13(3)19-15/h5-9,11H,4,10H2,1-3H3,(H,20,21)/b9-8+. The number of aryl methyl sites for hydroxylation is 3. The number of nitrogens with one attached hydrogen (secondary N) is 1. The molecule has 5 nitrogen and oxygen atoms in total. The molecule has 2 aromatic rings. The number of anilines is 1. The van der Waals surface area contributed by atoms with Crippen LogP contribution in [0.3, 0.4) is 0 Å². The van der Waals surface area contributed by atoms with Gasteiger partial charge in [0.05, 0.1) is 10.7 Å². The molecule has 0 saturated heterocycles. The van der Waals surface area contributed by atoms with Gasteiger partial charge in [-0.3, -0.25) is 4.79 Å². The highest BCUT2D eigenvalue weighted by atomic mass is 32.1. The first-order valence-electron chi connectivity index (χ1n) is 7.65. The monoisotopic (exact) mass is 344 g/mol. The number of hydrogen-bond acceptors (Lipinski definition) is 5. The second-order valence-electron chi connectivity index (χ2n) is 5.24. The van der Waals surface area contributed by atoms with Crippen molar-refractivity contribution in [3.63, 3.8) is 0 Å². The molecule has 2 rings (SSSR count). The van der Waals surface area contributed by atoms with Gasteiger partial charge in [0.25, 0.3) is 5.91 Å². The fourth-order valence-electron chi connectivity index (χ4n) is 2.17. The predicted octanol–water partition coefficient (Wildman–Crippen LogP) is 3.52. The van der Waals surface area contributed by atoms with E-state index in [1.54, 1.807) is 6.08 Å². The predicted molar refractivity (Wildman–Crippen MR) is 96.0 cm³/mol. The van der Waals surface area contributed by atoms with E-state index in [0.29, 0.717) is 5.69 Å². The Morgan fingerprint density at radius 3 is 2.79 bits per heavy atom. The van der Waals surface area contributed by atoms with Crippen molar-refractivity contribution >= 4 is 35.0 Å². The molecule has 1 N–H and O–H groups in total. The third-order valence-electron chi connectivity index (χ3n) is 3.38. The van der Waals surface area contributed by atoms with Crippen molar-refractivity contribution in [3.8, 4) is 0 Å². The zero-order valence-corrected chi connectivity index (χ0v) is 14.8. The van der Waals surface area contributed by atoms with Crippen molar-refractivity contribution in [2.24, 2.45) is 0 Å². The lowest BCUT2D eigenvalue weighted by Gasteiger charge is -2.12. The second kappa shape index (κ2) is 8.40. The summed E-state index contributed by atoms with van der Waals surface area (Å²) in [4.78, 5) is 27.9. The summed E-state index contributed by atoms with van der Waals surface area (Å²) in [5, 5.41) is 5.58. The molecule has 1 heterocycles. The van der Waals surface area contributed by atoms with Crippen LogP contribution in [0.4, 0.5) is 5.69 Å². The smallest absolute Gasteiger partial charge is 0.331 e. The van der Waals surface area contributed by atoms with Crippen molar-refractivity contribution in [1.82, 2.24) is 4.98 Å². The Balaban J connectivity index is 1.87. The van der Waals surface area contributed by atoms with Gasteiger partial charge in [0.1, 0.15) is 0 Å². The molecule has 0 spiro atoms. The van der Waals surface area contributed by atoms with Crippen molar-refractivity contribution in [2.75, 3.05) is 11.9 Å². The number of ether oxygens (including phenoxy) is 1. The number of esters is 1. The van der Waals surface area contributed by atoms with E-state index in [4.69, 9.17) is 4.74 Å². The number of carbonyl (C=O) groups excluding carboxylic acids is 2. The van der Waals surface area contributed by atoms with Gasteiger partial charge in [0.2, 0.25) is 0 Å². The molecule has 0 unspecified atom stereocenters. The maximum Gasteiger partial charge on any atom is 0.331 e. The van der Waals surface area contributed by atoms with Gasteiger partial charge in [-0.05, 0) is 37.5 Å². The lowest BCUT2D eigenvalue weighted by molar-refractivity contribution is -0.142. The molecule has 0 atom stereocenters. The first-order valence-corrected chi connectivity index (χ1v) is 8.53. The van der Waals surface area contributed by atoms with Crippen molar-refractivity contribution in [2.45, 2.75) is 27.2 Å². The van der Waals surface area contributed by atoms with E-state index in [2.05, 4.69) is 10.3 Å². The van der Waals surface area contributed by atoms with Crippen LogP contribution in [0, 0.1) is 13.8 Å². The molecular weight excluding hydrogens is 324 g/mol. The third kappa shape index (κ3) is 5.03. The van der Waals surface area contributed by atoms with Crippen LogP contribution in [0.25, 0.3) is 6.08 Å². The quantitative estimate of drug-likeness (QED) is 0.643. The van der Waals surface area contributed by atoms with Crippen LogP contribution in [-0.4, -0.2) is 23.5 Å². The highest BCUT2D eigenvalue weighted by molar-refractivity contribution is 7.09. The summed E-state index contributed by atoms with van der Waals surface area (Å²) >= 11 is 1.50. The fraction of sp³-hybridized carbons (Fsp3) is 0.278. The minimum atomic E-state index is -0.573. The number of hydrogen-bond donors (Lipinski definition) is 1. The molecule has 1 aromatic carbocycles. The number of nitrogens with zero attached hydrogens (tertiary/aromatic N) is 1. The van der Waals surface area contributed by atoms with Gasteiger partial charge >= 0.3 is 5.97 Å². The zero-order chi connectivity index (χ0) is 17.5. The summed E-state index contributed by atoms with van der Waals surface area (Å²) in [6, 6.07) is 5.85. The molecule has 0 aliphatic heterocycles. The fourth-order valence-corrected chi connectivity index (χ4v) is 2.75. The van der Waals surface area contributed by atoms with Crippen LogP contribution in [0.15, 0.2) is 29.7 Å². The number of benzene rings is 1. The van der Waals surface area contributed by atoms with Crippen LogP contribution in [0.2, 0.25) is 0 Å². The Bertz CT molecular complexity index is 765. The Hall–Kier alpha value is -2.47. The summed E-state index contributed by atoms with van der Waals surface area (Å²) < 4.78 is 4.96. The van der Waals surface area contributed by atoms with Crippen molar-refractivity contribution < 1.29 is 14.3 Å². The van der Waals surface area contributed by atoms with Gasteiger partial charge in [0, 0.05) is 17.1 Å². The minimum Gasteiger partial charge on any atom is -0.452 e. The van der Waals surface area contributed by atoms with Gasteiger partial charge in [-0.15, -0.1) is 11.3 Å². The molecule has 0 fully saturated rings. The van der Waals surface area contributed by atoms with Crippen molar-refractivity contribution in [1.29, 1.82) is 0 Å². The zero-order valence-electron chi connectivity index (χ0n) is 14.0. The van der Waals surface area contributed by atoms with Crippen LogP contribution in [0.5, 0.6) is 0 Å². The molecule has 6 heteroatoms. The van der Waals surface area contributed by atoms with Gasteiger partial charge in [-0.2, -0.15) is 0 Å². The van der Waals surface area contributed by atoms with E-state index in [1.807, 2.05) is 44.4 Å². The Morgan fingerprint density at radius 2 is 2.12 bits per heavy atom. The Morgan fingerprint density at radius 1 is 1.33 bits per heavy atom. The number of amides is 1. The van der Waals surface area contributed by atoms with E-state index in [1.165, 1.54) is 17.4 Å². The normalized spacial score (nSPS) is 10.8. The van der Waals surface area contributed by atoms with Gasteiger partial charge in [-0.1, -0.05) is 25.1 Å². The largest absolute Gasteiger partial charge is 0.452 e. The molecule has 0 saturated carbocycles. The molecule has 0 aliphatic carbocycles. The summed E-state index contributed by atoms with van der Waals surface area (Å²) in [6.45, 7) is 5.52. The maximum atomic E-state index is 12.0. The van der Waals surface area contributed by atoms with Gasteiger partial charge < -0.3 is 10.1 Å². The number of rotatable bonds is 6. The SMILES string of the molecule is CCc1cccc(C)c1NC(=O)COC(=O)/C=C/c1csc(C)n1. The molecular formula is C18H20N2O3S. The van der Waals surface area contributed by atoms with E-state index in [0.717, 1.165) is 28.2 Å². The number of aromatic nitrogens is 1. The summed E-state index contributed by atoms with van der Waals surface area (Å²) in [7, 11) is 0. The van der Waals surface area contributed by atoms with E-state index >= 15 is 0 Å². The first-order chi connectivity index (χ1) is 11.5. The molecule has 0 aliphatic rings. The minimum absolute atomic E-state index is 0.323. The Labute approximate surface area is 145 Å². The lowest BCUT2D eigenvalue weighted by atomic mass is 10.1. The lowest BCUT2D eigenvalue weighted by Crippen LogP contribution is -2.21. The van der Waals surface area contributed by atoms with Crippen LogP contribution in [-0.2, 0) is 20.7 Å². The highest BCUT2D eigenvalue weighted by Crippen LogP contribution is 2.20. The average Bonchev–Trinajstić information content (AvgIpc) is 2.98. The highest BCUT2D eigenvalue weighted by Gasteiger charge is 2.10. The maximum absolute atomic E-state index is 12.0. The van der Waals surface area contributed by atoms with E-state index in [-0.39, 0.29) is 12.5 Å². The van der Waals surface area contributed by atoms with Gasteiger partial charge in [0.15, 0.2) is 6.61 Å². The Kier molecular flexibility index (Phi) is 6.26. The van der Waals surface area contributed by atoms with E-state index in [9.17, 15) is 9.59 Å². The van der Waals surface area contributed by atoms with Gasteiger partial charge in [-0.25, -0.2) is 9.78 Å². The summed E-state index contributed by atoms with van der Waals surface area (Å²) in [5.74, 6) is -0.929. The number of para-hydroxylation sites is 1. The molecule has 0 bridgehead atoms. The topological polar surface area (TPSA) is 68.3 Å². The number of thiazole rings is 1. The van der Waals surface area contributed by atoms with Crippen LogP contribution < -0.4 is 5.32 Å². The molecule has 24 heavy (non-hydrogen) atoms. The molecule has 126 valence electrons. The molecule has 1 amide bonds. The van der Waals surface area contributed by atoms with Crippen molar-refractivity contribution in [3.05, 3.63) is 51.5 Å². The van der Waals surface area contributed by atoms with E-state index < -0.39 is 5.97 Å². The molecule has 1 aromatic heterocycles. The third-order valence-corrected chi connectivity index (χ3v) is 4.17. The summed E-state index contributed by atoms with van der Waals surface area (Å²) in [5.41, 5.74) is 3.52. The number of carbonyl (C=O) groups is 2. The molecule has 0 radical (unpaired) electrons. The van der Waals surface area contributed by atoms with Crippen LogP contribution in [0.1, 0.15) is 28.8 Å². The first kappa shape index (κ1) is 17.9. The van der Waals surface area contributed by atoms with Crippen LogP contribution >= 0.6 is 11.3 Å². The second-order valence-corrected chi connectivity index (χ2v) is 6.31. The summed E-state index contributed by atoms with van der Waals surface area (Å²) in [6.07, 6.45) is 3.65.